The van der Waals surface area contributed by atoms with Gasteiger partial charge in [0.05, 0.1) is 47.9 Å². The SMILES string of the molecule is C.CCNc1ncc(F)c(Nc2n[nH]c3c2CN(C(=O)N2CC(C)(C)N(C)C[C@@H]2C)C3(C)C)n1.C[C@H]1CN(C)C(C)(C)CN1C(=O)N1Cc2c(Nc3nc(Cl)ncc3F)n[nH]c2C1(C)C. The van der Waals surface area contributed by atoms with Gasteiger partial charge in [-0.25, -0.2) is 28.3 Å². The number of nitrogens with zero attached hydrogens (tertiary/aromatic N) is 12. The van der Waals surface area contributed by atoms with Crippen molar-refractivity contribution < 1.29 is 18.4 Å². The second-order valence-corrected chi connectivity index (χ2v) is 19.9. The smallest absolute Gasteiger partial charge is 0.321 e. The molecule has 2 atom stereocenters. The molecule has 4 amide bonds. The molecule has 0 spiro atoms. The summed E-state index contributed by atoms with van der Waals surface area (Å²) in [6, 6.07) is 0.159. The maximum absolute atomic E-state index is 14.4. The molecule has 4 aromatic rings. The van der Waals surface area contributed by atoms with Crippen LogP contribution in [0.25, 0.3) is 0 Å². The van der Waals surface area contributed by atoms with Crippen LogP contribution >= 0.6 is 11.6 Å². The van der Waals surface area contributed by atoms with Gasteiger partial charge in [-0.1, -0.05) is 7.43 Å². The third kappa shape index (κ3) is 9.10. The van der Waals surface area contributed by atoms with E-state index in [4.69, 9.17) is 11.6 Å². The molecule has 22 heteroatoms. The molecule has 0 aliphatic carbocycles. The molecule has 5 N–H and O–H groups in total. The van der Waals surface area contributed by atoms with E-state index >= 15 is 0 Å². The van der Waals surface area contributed by atoms with Crippen LogP contribution in [0, 0.1) is 11.6 Å². The number of anilines is 5. The number of aromatic nitrogens is 8. The molecule has 0 aromatic carbocycles. The normalized spacial score (nSPS) is 21.8. The Morgan fingerprint density at radius 1 is 0.723 bits per heavy atom. The predicted molar refractivity (Wildman–Crippen MR) is 247 cm³/mol. The number of fused-ring (bicyclic) bond motifs is 2. The highest BCUT2D eigenvalue weighted by molar-refractivity contribution is 6.28. The fourth-order valence-electron chi connectivity index (χ4n) is 8.90. The van der Waals surface area contributed by atoms with Crippen LogP contribution in [0.15, 0.2) is 12.4 Å². The first-order chi connectivity index (χ1) is 29.9. The maximum atomic E-state index is 14.4. The van der Waals surface area contributed by atoms with Crippen molar-refractivity contribution in [2.45, 2.75) is 131 Å². The van der Waals surface area contributed by atoms with Crippen LogP contribution in [0.2, 0.25) is 5.28 Å². The summed E-state index contributed by atoms with van der Waals surface area (Å²) in [6.07, 6.45) is 2.12. The Kier molecular flexibility index (Phi) is 13.4. The van der Waals surface area contributed by atoms with E-state index in [1.54, 1.807) is 0 Å². The zero-order valence-corrected chi connectivity index (χ0v) is 39.8. The number of H-pyrrole nitrogens is 2. The van der Waals surface area contributed by atoms with Crippen molar-refractivity contribution in [1.82, 2.24) is 69.7 Å². The van der Waals surface area contributed by atoms with E-state index in [1.165, 1.54) is 0 Å². The van der Waals surface area contributed by atoms with Gasteiger partial charge in [0.2, 0.25) is 11.2 Å². The van der Waals surface area contributed by atoms with Gasteiger partial charge in [0.25, 0.3) is 0 Å². The molecule has 356 valence electrons. The number of carbonyl (C=O) groups excluding carboxylic acids is 2. The lowest BCUT2D eigenvalue weighted by Crippen LogP contribution is -2.65. The van der Waals surface area contributed by atoms with Crippen molar-refractivity contribution in [3.63, 3.8) is 0 Å². The van der Waals surface area contributed by atoms with Crippen molar-refractivity contribution in [3.8, 4) is 0 Å². The molecule has 0 saturated carbocycles. The Labute approximate surface area is 385 Å². The van der Waals surface area contributed by atoms with Crippen molar-refractivity contribution >= 4 is 52.9 Å². The molecular formula is C43H66ClF2N17O2. The predicted octanol–water partition coefficient (Wildman–Crippen LogP) is 7.06. The third-order valence-electron chi connectivity index (χ3n) is 13.5. The molecule has 65 heavy (non-hydrogen) atoms. The number of aromatic amines is 2. The lowest BCUT2D eigenvalue weighted by atomic mass is 9.96. The van der Waals surface area contributed by atoms with Crippen LogP contribution < -0.4 is 16.0 Å². The van der Waals surface area contributed by atoms with Crippen LogP contribution in [-0.2, 0) is 24.2 Å². The molecule has 0 radical (unpaired) electrons. The average molecular weight is 927 g/mol. The van der Waals surface area contributed by atoms with E-state index in [0.29, 0.717) is 50.3 Å². The number of rotatable bonds is 6. The molecule has 4 aliphatic heterocycles. The zero-order valence-electron chi connectivity index (χ0n) is 39.1. The second kappa shape index (κ2) is 17.8. The highest BCUT2D eigenvalue weighted by atomic mass is 35.5. The maximum Gasteiger partial charge on any atom is 0.321 e. The fourth-order valence-corrected chi connectivity index (χ4v) is 9.03. The van der Waals surface area contributed by atoms with Crippen molar-refractivity contribution in [2.24, 2.45) is 0 Å². The molecular weight excluding hydrogens is 860 g/mol. The van der Waals surface area contributed by atoms with E-state index in [9.17, 15) is 18.4 Å². The first-order valence-corrected chi connectivity index (χ1v) is 22.0. The van der Waals surface area contributed by atoms with Crippen LogP contribution in [-0.4, -0.2) is 152 Å². The number of halogens is 3. The number of piperazine rings is 2. The van der Waals surface area contributed by atoms with Crippen molar-refractivity contribution in [1.29, 1.82) is 0 Å². The molecule has 4 aromatic heterocycles. The Hall–Kier alpha value is -5.41. The summed E-state index contributed by atoms with van der Waals surface area (Å²) in [5, 5.41) is 23.5. The molecule has 8 rings (SSSR count). The summed E-state index contributed by atoms with van der Waals surface area (Å²) < 4.78 is 28.5. The van der Waals surface area contributed by atoms with Gasteiger partial charge in [0, 0.05) is 67.0 Å². The monoisotopic (exact) mass is 926 g/mol. The van der Waals surface area contributed by atoms with Crippen molar-refractivity contribution in [3.05, 3.63) is 51.8 Å². The van der Waals surface area contributed by atoms with Gasteiger partial charge in [-0.15, -0.1) is 0 Å². The summed E-state index contributed by atoms with van der Waals surface area (Å²) in [5.41, 5.74) is 1.86. The van der Waals surface area contributed by atoms with Gasteiger partial charge in [-0.05, 0) is 102 Å². The van der Waals surface area contributed by atoms with Gasteiger partial charge in [-0.3, -0.25) is 20.0 Å². The minimum absolute atomic E-state index is 0. The fraction of sp³-hybridized carbons (Fsp3) is 0.628. The number of amides is 4. The van der Waals surface area contributed by atoms with E-state index in [2.05, 4.69) is 122 Å². The van der Waals surface area contributed by atoms with Crippen LogP contribution in [0.4, 0.5) is 47.6 Å². The summed E-state index contributed by atoms with van der Waals surface area (Å²) in [7, 11) is 4.19. The number of likely N-dealkylation sites (N-methyl/N-ethyl adjacent to an activating group) is 2. The molecule has 2 fully saturated rings. The van der Waals surface area contributed by atoms with E-state index < -0.39 is 22.7 Å². The number of nitrogens with one attached hydrogen (secondary N) is 5. The molecule has 19 nitrogen and oxygen atoms in total. The molecule has 0 unspecified atom stereocenters. The van der Waals surface area contributed by atoms with Gasteiger partial charge in [0.15, 0.2) is 34.9 Å². The average Bonchev–Trinajstić information content (AvgIpc) is 3.95. The first kappa shape index (κ1) is 49.0. The van der Waals surface area contributed by atoms with E-state index in [-0.39, 0.29) is 59.6 Å². The second-order valence-electron chi connectivity index (χ2n) is 19.6. The largest absolute Gasteiger partial charge is 0.354 e. The quantitative estimate of drug-likeness (QED) is 0.123. The van der Waals surface area contributed by atoms with Gasteiger partial charge in [0.1, 0.15) is 0 Å². The Morgan fingerprint density at radius 2 is 1.14 bits per heavy atom. The minimum Gasteiger partial charge on any atom is -0.354 e. The topological polar surface area (TPSA) is 199 Å². The van der Waals surface area contributed by atoms with Gasteiger partial charge < -0.3 is 35.6 Å². The highest BCUT2D eigenvalue weighted by Gasteiger charge is 2.49. The zero-order chi connectivity index (χ0) is 46.8. The molecule has 8 heterocycles. The van der Waals surface area contributed by atoms with Crippen LogP contribution in [0.5, 0.6) is 0 Å². The summed E-state index contributed by atoms with van der Waals surface area (Å²) in [5.74, 6) is -0.0399. The number of hydrogen-bond donors (Lipinski definition) is 5. The summed E-state index contributed by atoms with van der Waals surface area (Å²) in [4.78, 5) is 55.2. The van der Waals surface area contributed by atoms with Crippen molar-refractivity contribution in [2.75, 3.05) is 62.8 Å². The number of urea groups is 2. The molecule has 4 aliphatic rings. The van der Waals surface area contributed by atoms with Gasteiger partial charge >= 0.3 is 12.1 Å². The van der Waals surface area contributed by atoms with E-state index in [1.807, 2.05) is 54.2 Å². The number of carbonyl (C=O) groups is 2. The van der Waals surface area contributed by atoms with Crippen LogP contribution in [0.3, 0.4) is 0 Å². The Bertz CT molecular complexity index is 2400. The molecule has 0 bridgehead atoms. The van der Waals surface area contributed by atoms with E-state index in [0.717, 1.165) is 48.0 Å². The minimum atomic E-state index is -0.639. The molecule has 2 saturated heterocycles. The first-order valence-electron chi connectivity index (χ1n) is 21.6. The Morgan fingerprint density at radius 3 is 1.57 bits per heavy atom. The highest BCUT2D eigenvalue weighted by Crippen LogP contribution is 2.44. The lowest BCUT2D eigenvalue weighted by Gasteiger charge is -2.50. The standard InChI is InChI=1S/C22H34FN9O.C20H28ClFN8O.CH4/c1-8-24-19-25-9-15(23)18(27-19)26-17-14-11-32(22(5,6)16(14)28-29-17)20(33)31-12-21(3,4)30(7)10-13(31)2;1-11-8-28(6)19(2,3)10-29(11)18(31)30-9-12-14(20(30,4)5)26-27-15(12)24-16-13(22)7-23-17(21)25-16;/h9,13H,8,10-12H2,1-7H3,(H3,24,25,26,27,28,29);7,11H,8-10H2,1-6H3,(H2,23,24,25,26,27);1H4/t13-;11-;/m00./s1. The van der Waals surface area contributed by atoms with Gasteiger partial charge in [-0.2, -0.15) is 20.2 Å². The lowest BCUT2D eigenvalue weighted by molar-refractivity contribution is 0.00685. The summed E-state index contributed by atoms with van der Waals surface area (Å²) >= 11 is 5.80. The van der Waals surface area contributed by atoms with Crippen LogP contribution in [0.1, 0.15) is 106 Å². The third-order valence-corrected chi connectivity index (χ3v) is 13.7. The number of hydrogen-bond acceptors (Lipinski definition) is 13. The Balaban J connectivity index is 0.000000212. The summed E-state index contributed by atoms with van der Waals surface area (Å²) in [6.45, 7) is 26.9.